The van der Waals surface area contributed by atoms with E-state index in [9.17, 15) is 9.59 Å². The highest BCUT2D eigenvalue weighted by Crippen LogP contribution is 2.13. The van der Waals surface area contributed by atoms with Crippen LogP contribution >= 0.6 is 0 Å². The average Bonchev–Trinajstić information content (AvgIpc) is 3.20. The van der Waals surface area contributed by atoms with E-state index in [1.165, 1.54) is 6.07 Å². The lowest BCUT2D eigenvalue weighted by atomic mass is 10.1. The highest BCUT2D eigenvalue weighted by atomic mass is 16.4. The van der Waals surface area contributed by atoms with Crippen molar-refractivity contribution >= 4 is 16.9 Å². The molecule has 7 heteroatoms. The van der Waals surface area contributed by atoms with Crippen LogP contribution in [0.4, 0.5) is 0 Å². The maximum atomic E-state index is 12.4. The largest absolute Gasteiger partial charge is 0.422 e. The normalized spacial score (nSPS) is 10.8. The van der Waals surface area contributed by atoms with E-state index >= 15 is 0 Å². The molecule has 0 saturated carbocycles. The van der Waals surface area contributed by atoms with E-state index in [0.29, 0.717) is 16.8 Å². The zero-order valence-corrected chi connectivity index (χ0v) is 13.6. The first-order chi connectivity index (χ1) is 12.7. The summed E-state index contributed by atoms with van der Waals surface area (Å²) < 4.78 is 6.82. The van der Waals surface area contributed by atoms with Gasteiger partial charge in [-0.25, -0.2) is 14.5 Å². The van der Waals surface area contributed by atoms with Crippen molar-refractivity contribution < 1.29 is 9.21 Å². The second-order valence-electron chi connectivity index (χ2n) is 5.64. The van der Waals surface area contributed by atoms with Crippen molar-refractivity contribution in [2.45, 2.75) is 6.54 Å². The molecule has 0 saturated heterocycles. The topological polar surface area (TPSA) is 90.0 Å². The van der Waals surface area contributed by atoms with Gasteiger partial charge in [-0.1, -0.05) is 18.2 Å². The predicted octanol–water partition coefficient (Wildman–Crippen LogP) is 2.30. The number of pyridine rings is 1. The molecule has 4 rings (SSSR count). The summed E-state index contributed by atoms with van der Waals surface area (Å²) >= 11 is 0. The van der Waals surface area contributed by atoms with Gasteiger partial charge in [-0.2, -0.15) is 5.10 Å². The molecule has 0 bridgehead atoms. The predicted molar refractivity (Wildman–Crippen MR) is 95.0 cm³/mol. The lowest BCUT2D eigenvalue weighted by Gasteiger charge is -2.07. The van der Waals surface area contributed by atoms with Crippen molar-refractivity contribution in [3.8, 4) is 5.82 Å². The van der Waals surface area contributed by atoms with Gasteiger partial charge in [-0.05, 0) is 35.9 Å². The van der Waals surface area contributed by atoms with E-state index in [1.807, 2.05) is 12.1 Å². The van der Waals surface area contributed by atoms with E-state index in [-0.39, 0.29) is 12.1 Å². The van der Waals surface area contributed by atoms with Gasteiger partial charge in [0.2, 0.25) is 0 Å². The monoisotopic (exact) mass is 346 g/mol. The van der Waals surface area contributed by atoms with Crippen molar-refractivity contribution in [1.82, 2.24) is 20.1 Å². The van der Waals surface area contributed by atoms with Crippen LogP contribution in [0.2, 0.25) is 0 Å². The molecule has 3 heterocycles. The summed E-state index contributed by atoms with van der Waals surface area (Å²) in [6.45, 7) is 0.252. The fourth-order valence-corrected chi connectivity index (χ4v) is 2.60. The molecular weight excluding hydrogens is 332 g/mol. The van der Waals surface area contributed by atoms with Crippen molar-refractivity contribution in [3.05, 3.63) is 88.7 Å². The van der Waals surface area contributed by atoms with Gasteiger partial charge in [0.05, 0.1) is 0 Å². The molecule has 1 amide bonds. The quantitative estimate of drug-likeness (QED) is 0.573. The summed E-state index contributed by atoms with van der Waals surface area (Å²) in [5, 5.41) is 7.56. The number of fused-ring (bicyclic) bond motifs is 1. The van der Waals surface area contributed by atoms with Crippen LogP contribution in [0, 0.1) is 0 Å². The van der Waals surface area contributed by atoms with Crippen molar-refractivity contribution in [3.63, 3.8) is 0 Å². The van der Waals surface area contributed by atoms with Crippen LogP contribution in [0.5, 0.6) is 0 Å². The Morgan fingerprint density at radius 1 is 1.12 bits per heavy atom. The van der Waals surface area contributed by atoms with Gasteiger partial charge in [0.1, 0.15) is 11.1 Å². The highest BCUT2D eigenvalue weighted by Gasteiger charge is 2.13. The fourth-order valence-electron chi connectivity index (χ4n) is 2.60. The van der Waals surface area contributed by atoms with Gasteiger partial charge in [0.25, 0.3) is 5.91 Å². The van der Waals surface area contributed by atoms with E-state index in [1.54, 1.807) is 53.6 Å². The lowest BCUT2D eigenvalue weighted by Crippen LogP contribution is -2.27. The van der Waals surface area contributed by atoms with Crippen LogP contribution in [0.3, 0.4) is 0 Å². The molecule has 0 fully saturated rings. The Kier molecular flexibility index (Phi) is 4.03. The summed E-state index contributed by atoms with van der Waals surface area (Å²) in [4.78, 5) is 28.7. The minimum atomic E-state index is -0.659. The zero-order valence-electron chi connectivity index (χ0n) is 13.6. The van der Waals surface area contributed by atoms with Crippen molar-refractivity contribution in [1.29, 1.82) is 0 Å². The number of nitrogens with zero attached hydrogens (tertiary/aromatic N) is 3. The summed E-state index contributed by atoms with van der Waals surface area (Å²) in [6, 6.07) is 14.0. The first-order valence-corrected chi connectivity index (χ1v) is 7.97. The van der Waals surface area contributed by atoms with E-state index in [4.69, 9.17) is 4.42 Å². The molecule has 0 radical (unpaired) electrons. The van der Waals surface area contributed by atoms with Crippen molar-refractivity contribution in [2.24, 2.45) is 0 Å². The molecule has 128 valence electrons. The molecule has 0 unspecified atom stereocenters. The van der Waals surface area contributed by atoms with E-state index < -0.39 is 11.5 Å². The standard InChI is InChI=1S/C19H14N4O3/c24-18(15-11-14-4-1-2-5-16(14)26-19(15)25)21-12-13-6-8-20-17(10-13)23-9-3-7-22-23/h1-11H,12H2,(H,21,24). The molecule has 26 heavy (non-hydrogen) atoms. The summed E-state index contributed by atoms with van der Waals surface area (Å²) in [6.07, 6.45) is 5.09. The lowest BCUT2D eigenvalue weighted by molar-refractivity contribution is 0.0947. The number of hydrogen-bond acceptors (Lipinski definition) is 5. The average molecular weight is 346 g/mol. The molecule has 1 N–H and O–H groups in total. The SMILES string of the molecule is O=C(NCc1ccnc(-n2cccn2)c1)c1cc2ccccc2oc1=O. The maximum absolute atomic E-state index is 12.4. The Bertz CT molecular complexity index is 1130. The van der Waals surface area contributed by atoms with Crippen LogP contribution < -0.4 is 10.9 Å². The fraction of sp³-hybridized carbons (Fsp3) is 0.0526. The third-order valence-corrected chi connectivity index (χ3v) is 3.89. The third kappa shape index (κ3) is 3.10. The summed E-state index contributed by atoms with van der Waals surface area (Å²) in [7, 11) is 0. The number of aromatic nitrogens is 3. The molecule has 0 aliphatic heterocycles. The molecule has 0 atom stereocenters. The smallest absolute Gasteiger partial charge is 0.349 e. The highest BCUT2D eigenvalue weighted by molar-refractivity contribution is 5.96. The Labute approximate surface area is 147 Å². The summed E-state index contributed by atoms with van der Waals surface area (Å²) in [5.41, 5.74) is 0.606. The van der Waals surface area contributed by atoms with Gasteiger partial charge < -0.3 is 9.73 Å². The van der Waals surface area contributed by atoms with Crippen LogP contribution in [0.25, 0.3) is 16.8 Å². The van der Waals surface area contributed by atoms with Gasteiger partial charge in [-0.15, -0.1) is 0 Å². The van der Waals surface area contributed by atoms with Gasteiger partial charge in [0, 0.05) is 30.5 Å². The molecule has 0 aliphatic rings. The molecule has 0 spiro atoms. The first kappa shape index (κ1) is 15.8. The second kappa shape index (κ2) is 6.64. The number of rotatable bonds is 4. The van der Waals surface area contributed by atoms with Crippen LogP contribution in [0.1, 0.15) is 15.9 Å². The van der Waals surface area contributed by atoms with Crippen LogP contribution in [0.15, 0.2) is 76.3 Å². The molecule has 4 aromatic rings. The number of nitrogens with one attached hydrogen (secondary N) is 1. The minimum Gasteiger partial charge on any atom is -0.422 e. The van der Waals surface area contributed by atoms with Crippen LogP contribution in [-0.2, 0) is 6.54 Å². The van der Waals surface area contributed by atoms with Gasteiger partial charge in [-0.3, -0.25) is 4.79 Å². The maximum Gasteiger partial charge on any atom is 0.349 e. The number of amides is 1. The molecule has 7 nitrogen and oxygen atoms in total. The van der Waals surface area contributed by atoms with Crippen molar-refractivity contribution in [2.75, 3.05) is 0 Å². The number of benzene rings is 1. The number of hydrogen-bond donors (Lipinski definition) is 1. The Morgan fingerprint density at radius 2 is 2.00 bits per heavy atom. The molecular formula is C19H14N4O3. The first-order valence-electron chi connectivity index (χ1n) is 7.97. The Hall–Kier alpha value is -3.74. The van der Waals surface area contributed by atoms with E-state index in [2.05, 4.69) is 15.4 Å². The number of carbonyl (C=O) groups is 1. The Morgan fingerprint density at radius 3 is 2.85 bits per heavy atom. The Balaban J connectivity index is 1.53. The van der Waals surface area contributed by atoms with Gasteiger partial charge in [0.15, 0.2) is 5.82 Å². The van der Waals surface area contributed by atoms with Crippen LogP contribution in [-0.4, -0.2) is 20.7 Å². The van der Waals surface area contributed by atoms with Gasteiger partial charge >= 0.3 is 5.63 Å². The molecule has 1 aromatic carbocycles. The third-order valence-electron chi connectivity index (χ3n) is 3.89. The minimum absolute atomic E-state index is 0.0231. The van der Waals surface area contributed by atoms with E-state index in [0.717, 1.165) is 5.56 Å². The molecule has 3 aromatic heterocycles. The second-order valence-corrected chi connectivity index (χ2v) is 5.64. The zero-order chi connectivity index (χ0) is 17.9. The number of carbonyl (C=O) groups excluding carboxylic acids is 1. The molecule has 0 aliphatic carbocycles. The number of para-hydroxylation sites is 1. The summed E-state index contributed by atoms with van der Waals surface area (Å²) in [5.74, 6) is 0.161.